The molecule has 1 atom stereocenters. The lowest BCUT2D eigenvalue weighted by atomic mass is 10.1. The minimum Gasteiger partial charge on any atom is -0.450 e. The minimum absolute atomic E-state index is 0.0437. The van der Waals surface area contributed by atoms with Crippen molar-refractivity contribution in [2.75, 3.05) is 13.7 Å². The van der Waals surface area contributed by atoms with E-state index in [-0.39, 0.29) is 10.9 Å². The van der Waals surface area contributed by atoms with Crippen molar-refractivity contribution in [3.8, 4) is 0 Å². The molecule has 0 aromatic heterocycles. The molecule has 106 valence electrons. The van der Waals surface area contributed by atoms with Gasteiger partial charge in [-0.15, -0.1) is 0 Å². The molecule has 0 aliphatic heterocycles. The maximum Gasteiger partial charge on any atom is 0.409 e. The Balaban J connectivity index is 2.89. The number of primary sulfonamides is 1. The number of nitrogens with zero attached hydrogens (tertiary/aromatic N) is 1. The number of sulfonamides is 1. The standard InChI is InChI=1S/C12H18N2O4S/c1-4-18-12(15)14(3)9(2)10-5-7-11(8-6-10)19(13,16)17/h5-9H,4H2,1-3H3,(H2,13,16,17)/t9-/m1/s1. The zero-order chi connectivity index (χ0) is 14.6. The number of rotatable bonds is 4. The Hall–Kier alpha value is -1.60. The number of hydrogen-bond donors (Lipinski definition) is 1. The SMILES string of the molecule is CCOC(=O)N(C)[C@H](C)c1ccc(S(N)(=O)=O)cc1. The number of hydrogen-bond acceptors (Lipinski definition) is 4. The molecular formula is C12H18N2O4S. The topological polar surface area (TPSA) is 89.7 Å². The van der Waals surface area contributed by atoms with E-state index >= 15 is 0 Å². The molecule has 0 radical (unpaired) electrons. The minimum atomic E-state index is -3.70. The number of ether oxygens (including phenoxy) is 1. The summed E-state index contributed by atoms with van der Waals surface area (Å²) in [7, 11) is -2.07. The van der Waals surface area contributed by atoms with Gasteiger partial charge in [0.05, 0.1) is 17.5 Å². The van der Waals surface area contributed by atoms with E-state index in [0.717, 1.165) is 5.56 Å². The smallest absolute Gasteiger partial charge is 0.409 e. The van der Waals surface area contributed by atoms with Gasteiger partial charge < -0.3 is 9.64 Å². The summed E-state index contributed by atoms with van der Waals surface area (Å²) in [4.78, 5) is 13.1. The number of benzene rings is 1. The van der Waals surface area contributed by atoms with Crippen molar-refractivity contribution in [2.24, 2.45) is 5.14 Å². The fourth-order valence-corrected chi connectivity index (χ4v) is 2.06. The highest BCUT2D eigenvalue weighted by atomic mass is 32.2. The van der Waals surface area contributed by atoms with Gasteiger partial charge in [-0.05, 0) is 31.5 Å². The molecule has 0 heterocycles. The Bertz CT molecular complexity index is 539. The molecule has 7 heteroatoms. The normalized spacial score (nSPS) is 12.8. The summed E-state index contributed by atoms with van der Waals surface area (Å²) in [6.45, 7) is 3.86. The fourth-order valence-electron chi connectivity index (χ4n) is 1.54. The van der Waals surface area contributed by atoms with Crippen LogP contribution in [0.4, 0.5) is 4.79 Å². The summed E-state index contributed by atoms with van der Waals surface area (Å²) in [5.74, 6) is 0. The van der Waals surface area contributed by atoms with Crippen LogP contribution in [0.15, 0.2) is 29.2 Å². The Labute approximate surface area is 113 Å². The number of nitrogens with two attached hydrogens (primary N) is 1. The van der Waals surface area contributed by atoms with Gasteiger partial charge in [0.1, 0.15) is 0 Å². The van der Waals surface area contributed by atoms with E-state index in [0.29, 0.717) is 6.61 Å². The van der Waals surface area contributed by atoms with Crippen molar-refractivity contribution in [1.82, 2.24) is 4.90 Å². The highest BCUT2D eigenvalue weighted by Crippen LogP contribution is 2.20. The molecule has 6 nitrogen and oxygen atoms in total. The number of carbonyl (C=O) groups is 1. The van der Waals surface area contributed by atoms with Gasteiger partial charge in [-0.3, -0.25) is 0 Å². The van der Waals surface area contributed by atoms with Gasteiger partial charge in [0.15, 0.2) is 0 Å². The lowest BCUT2D eigenvalue weighted by molar-refractivity contribution is 0.104. The van der Waals surface area contributed by atoms with Crippen LogP contribution in [0.25, 0.3) is 0 Å². The van der Waals surface area contributed by atoms with Crippen molar-refractivity contribution in [2.45, 2.75) is 24.8 Å². The molecular weight excluding hydrogens is 268 g/mol. The van der Waals surface area contributed by atoms with Crippen LogP contribution in [0.1, 0.15) is 25.5 Å². The van der Waals surface area contributed by atoms with Gasteiger partial charge in [0, 0.05) is 7.05 Å². The summed E-state index contributed by atoms with van der Waals surface area (Å²) < 4.78 is 27.2. The highest BCUT2D eigenvalue weighted by Gasteiger charge is 2.18. The van der Waals surface area contributed by atoms with Gasteiger partial charge in [-0.2, -0.15) is 0 Å². The second-order valence-corrected chi connectivity index (χ2v) is 5.66. The van der Waals surface area contributed by atoms with Crippen LogP contribution in [0.5, 0.6) is 0 Å². The van der Waals surface area contributed by atoms with E-state index in [1.54, 1.807) is 26.1 Å². The molecule has 1 aromatic rings. The maximum atomic E-state index is 11.6. The molecule has 0 aliphatic rings. The van der Waals surface area contributed by atoms with Crippen molar-refractivity contribution < 1.29 is 17.9 Å². The van der Waals surface area contributed by atoms with Gasteiger partial charge in [0.25, 0.3) is 0 Å². The third kappa shape index (κ3) is 3.93. The predicted octanol–water partition coefficient (Wildman–Crippen LogP) is 1.48. The Morgan fingerprint density at radius 3 is 2.32 bits per heavy atom. The summed E-state index contributed by atoms with van der Waals surface area (Å²) in [5, 5.41) is 5.02. The van der Waals surface area contributed by atoms with Crippen LogP contribution in [0, 0.1) is 0 Å². The largest absolute Gasteiger partial charge is 0.450 e. The number of carbonyl (C=O) groups excluding carboxylic acids is 1. The van der Waals surface area contributed by atoms with Gasteiger partial charge >= 0.3 is 6.09 Å². The fraction of sp³-hybridized carbons (Fsp3) is 0.417. The zero-order valence-corrected chi connectivity index (χ0v) is 12.0. The van der Waals surface area contributed by atoms with E-state index in [9.17, 15) is 13.2 Å². The zero-order valence-electron chi connectivity index (χ0n) is 11.2. The molecule has 0 aliphatic carbocycles. The van der Waals surface area contributed by atoms with E-state index in [1.165, 1.54) is 17.0 Å². The van der Waals surface area contributed by atoms with E-state index < -0.39 is 16.1 Å². The van der Waals surface area contributed by atoms with Crippen molar-refractivity contribution in [1.29, 1.82) is 0 Å². The van der Waals surface area contributed by atoms with Crippen LogP contribution < -0.4 is 5.14 Å². The van der Waals surface area contributed by atoms with Crippen LogP contribution in [-0.4, -0.2) is 33.1 Å². The Morgan fingerprint density at radius 2 is 1.89 bits per heavy atom. The van der Waals surface area contributed by atoms with E-state index in [2.05, 4.69) is 0 Å². The van der Waals surface area contributed by atoms with E-state index in [1.807, 2.05) is 6.92 Å². The molecule has 0 saturated heterocycles. The molecule has 19 heavy (non-hydrogen) atoms. The molecule has 0 spiro atoms. The molecule has 2 N–H and O–H groups in total. The average molecular weight is 286 g/mol. The van der Waals surface area contributed by atoms with Gasteiger partial charge in [-0.25, -0.2) is 18.4 Å². The molecule has 1 rings (SSSR count). The molecule has 1 aromatic carbocycles. The van der Waals surface area contributed by atoms with E-state index in [4.69, 9.17) is 9.88 Å². The van der Waals surface area contributed by atoms with Crippen molar-refractivity contribution in [3.63, 3.8) is 0 Å². The Morgan fingerprint density at radius 1 is 1.37 bits per heavy atom. The predicted molar refractivity (Wildman–Crippen MR) is 71.0 cm³/mol. The quantitative estimate of drug-likeness (QED) is 0.907. The van der Waals surface area contributed by atoms with Gasteiger partial charge in [-0.1, -0.05) is 12.1 Å². The second-order valence-electron chi connectivity index (χ2n) is 4.10. The first-order chi connectivity index (χ1) is 8.77. The highest BCUT2D eigenvalue weighted by molar-refractivity contribution is 7.89. The van der Waals surface area contributed by atoms with Crippen LogP contribution in [0.2, 0.25) is 0 Å². The van der Waals surface area contributed by atoms with Gasteiger partial charge in [0.2, 0.25) is 10.0 Å². The number of amides is 1. The third-order valence-electron chi connectivity index (χ3n) is 2.83. The summed E-state index contributed by atoms with van der Waals surface area (Å²) in [6.07, 6.45) is -0.425. The molecule has 0 bridgehead atoms. The molecule has 0 unspecified atom stereocenters. The second kappa shape index (κ2) is 6.03. The van der Waals surface area contributed by atoms with Crippen LogP contribution >= 0.6 is 0 Å². The van der Waals surface area contributed by atoms with Crippen LogP contribution in [-0.2, 0) is 14.8 Å². The summed E-state index contributed by atoms with van der Waals surface area (Å²) in [5.41, 5.74) is 0.794. The summed E-state index contributed by atoms with van der Waals surface area (Å²) >= 11 is 0. The Kier molecular flexibility index (Phi) is 4.90. The van der Waals surface area contributed by atoms with Crippen molar-refractivity contribution >= 4 is 16.1 Å². The first kappa shape index (κ1) is 15.5. The maximum absolute atomic E-state index is 11.6. The third-order valence-corrected chi connectivity index (χ3v) is 3.76. The first-order valence-electron chi connectivity index (χ1n) is 5.79. The van der Waals surface area contributed by atoms with Crippen molar-refractivity contribution in [3.05, 3.63) is 29.8 Å². The lowest BCUT2D eigenvalue weighted by Crippen LogP contribution is -2.30. The molecule has 0 fully saturated rings. The lowest BCUT2D eigenvalue weighted by Gasteiger charge is -2.24. The molecule has 0 saturated carbocycles. The first-order valence-corrected chi connectivity index (χ1v) is 7.34. The van der Waals surface area contributed by atoms with Crippen LogP contribution in [0.3, 0.4) is 0 Å². The average Bonchev–Trinajstić information content (AvgIpc) is 2.36. The summed E-state index contributed by atoms with van der Waals surface area (Å²) in [6, 6.07) is 5.86. The molecule has 1 amide bonds. The monoisotopic (exact) mass is 286 g/mol.